The molecule has 4 N–H and O–H groups in total. The number of aliphatic hydroxyl groups is 3. The fourth-order valence-electron chi connectivity index (χ4n) is 2.36. The third-order valence-corrected chi connectivity index (χ3v) is 3.07. The van der Waals surface area contributed by atoms with Gasteiger partial charge >= 0.3 is 0 Å². The van der Waals surface area contributed by atoms with Crippen LogP contribution in [0.2, 0.25) is 0 Å². The summed E-state index contributed by atoms with van der Waals surface area (Å²) in [5.74, 6) is -0.0994. The molecule has 0 radical (unpaired) electrons. The Kier molecular flexibility index (Phi) is 3.76. The molecule has 0 fully saturated rings. The molecule has 0 aliphatic heterocycles. The van der Waals surface area contributed by atoms with Gasteiger partial charge in [-0.05, 0) is 58.7 Å². The zero-order chi connectivity index (χ0) is 15.2. The Morgan fingerprint density at radius 1 is 0.684 bits per heavy atom. The Morgan fingerprint density at radius 3 is 1.42 bits per heavy atom. The highest BCUT2D eigenvalue weighted by Crippen LogP contribution is 2.42. The summed E-state index contributed by atoms with van der Waals surface area (Å²) in [6, 6.07) is 2.99. The third kappa shape index (κ3) is 3.26. The van der Waals surface area contributed by atoms with Crippen molar-refractivity contribution in [2.45, 2.75) is 58.3 Å². The molecule has 1 aromatic rings. The smallest absolute Gasteiger partial charge is 0.122 e. The zero-order valence-electron chi connectivity index (χ0n) is 12.4. The van der Waals surface area contributed by atoms with Gasteiger partial charge in [-0.25, -0.2) is 0 Å². The molecule has 108 valence electrons. The summed E-state index contributed by atoms with van der Waals surface area (Å²) in [7, 11) is 0. The topological polar surface area (TPSA) is 80.9 Å². The van der Waals surface area contributed by atoms with E-state index in [1.807, 2.05) is 0 Å². The number of phenolic OH excluding ortho intramolecular Hbond substituents is 1. The molecule has 0 aromatic heterocycles. The first-order chi connectivity index (χ1) is 8.26. The fourth-order valence-corrected chi connectivity index (χ4v) is 2.36. The molecule has 0 saturated heterocycles. The highest BCUT2D eigenvalue weighted by Gasteiger charge is 2.36. The van der Waals surface area contributed by atoms with Crippen molar-refractivity contribution < 1.29 is 20.4 Å². The molecular weight excluding hydrogens is 244 g/mol. The van der Waals surface area contributed by atoms with E-state index >= 15 is 0 Å². The van der Waals surface area contributed by atoms with E-state index in [9.17, 15) is 20.4 Å². The highest BCUT2D eigenvalue weighted by molar-refractivity contribution is 5.51. The molecule has 0 spiro atoms. The first kappa shape index (κ1) is 16.0. The summed E-state index contributed by atoms with van der Waals surface area (Å²) in [4.78, 5) is 0. The number of phenols is 1. The lowest BCUT2D eigenvalue weighted by Crippen LogP contribution is -2.31. The fraction of sp³-hybridized carbons (Fsp3) is 0.600. The van der Waals surface area contributed by atoms with Crippen molar-refractivity contribution in [2.24, 2.45) is 0 Å². The average Bonchev–Trinajstić information content (AvgIpc) is 2.11. The van der Waals surface area contributed by atoms with Gasteiger partial charge in [0.25, 0.3) is 0 Å². The Hall–Kier alpha value is -1.10. The van der Waals surface area contributed by atoms with E-state index in [1.54, 1.807) is 33.8 Å². The van der Waals surface area contributed by atoms with E-state index in [1.165, 1.54) is 19.9 Å². The molecule has 0 aliphatic carbocycles. The summed E-state index contributed by atoms with van der Waals surface area (Å²) in [6.45, 7) is 9.39. The average molecular weight is 268 g/mol. The van der Waals surface area contributed by atoms with Gasteiger partial charge < -0.3 is 20.4 Å². The Morgan fingerprint density at radius 2 is 1.11 bits per heavy atom. The lowest BCUT2D eigenvalue weighted by Gasteiger charge is -2.34. The molecule has 0 atom stereocenters. The molecule has 4 heteroatoms. The van der Waals surface area contributed by atoms with Crippen LogP contribution in [-0.2, 0) is 16.8 Å². The number of hydrogen-bond acceptors (Lipinski definition) is 4. The van der Waals surface area contributed by atoms with Crippen LogP contribution >= 0.6 is 0 Å². The van der Waals surface area contributed by atoms with Gasteiger partial charge in [0.05, 0.1) is 16.8 Å². The summed E-state index contributed by atoms with van der Waals surface area (Å²) in [5, 5.41) is 40.9. The van der Waals surface area contributed by atoms with Crippen LogP contribution in [0.25, 0.3) is 0 Å². The maximum Gasteiger partial charge on any atom is 0.122 e. The van der Waals surface area contributed by atoms with E-state index < -0.39 is 16.8 Å². The van der Waals surface area contributed by atoms with E-state index in [-0.39, 0.29) is 11.3 Å². The van der Waals surface area contributed by atoms with Crippen molar-refractivity contribution in [1.29, 1.82) is 0 Å². The molecule has 0 amide bonds. The standard InChI is InChI=1S/C15H24O4/c1-13(2,17)9-7-8-10(16)12(15(5,6)19)11(9)14(3,4)18/h7-8,16-19H,1-6H3. The van der Waals surface area contributed by atoms with Gasteiger partial charge in [0.15, 0.2) is 0 Å². The number of hydrogen-bond donors (Lipinski definition) is 4. The van der Waals surface area contributed by atoms with Gasteiger partial charge in [0, 0.05) is 5.56 Å². The molecule has 1 aromatic carbocycles. The van der Waals surface area contributed by atoms with Gasteiger partial charge in [-0.1, -0.05) is 6.07 Å². The van der Waals surface area contributed by atoms with Crippen LogP contribution in [0, 0.1) is 0 Å². The highest BCUT2D eigenvalue weighted by atomic mass is 16.3. The van der Waals surface area contributed by atoms with Gasteiger partial charge in [0.2, 0.25) is 0 Å². The summed E-state index contributed by atoms with van der Waals surface area (Å²) in [5.41, 5.74) is -2.75. The van der Waals surface area contributed by atoms with Crippen LogP contribution < -0.4 is 0 Å². The monoisotopic (exact) mass is 268 g/mol. The lowest BCUT2D eigenvalue weighted by molar-refractivity contribution is 0.0369. The van der Waals surface area contributed by atoms with Crippen molar-refractivity contribution in [3.8, 4) is 5.75 Å². The minimum atomic E-state index is -1.33. The quantitative estimate of drug-likeness (QED) is 0.676. The number of rotatable bonds is 3. The van der Waals surface area contributed by atoms with E-state index in [4.69, 9.17) is 0 Å². The second kappa shape index (κ2) is 4.47. The van der Waals surface area contributed by atoms with E-state index in [0.717, 1.165) is 0 Å². The van der Waals surface area contributed by atoms with Gasteiger partial charge in [0.1, 0.15) is 5.75 Å². The van der Waals surface area contributed by atoms with Gasteiger partial charge in [-0.2, -0.15) is 0 Å². The number of benzene rings is 1. The first-order valence-electron chi connectivity index (χ1n) is 6.31. The maximum atomic E-state index is 10.4. The van der Waals surface area contributed by atoms with Crippen LogP contribution in [0.4, 0.5) is 0 Å². The SMILES string of the molecule is CC(C)(O)c1ccc(O)c(C(C)(C)O)c1C(C)(C)O. The molecule has 0 heterocycles. The van der Waals surface area contributed by atoms with Crippen molar-refractivity contribution >= 4 is 0 Å². The van der Waals surface area contributed by atoms with Crippen molar-refractivity contribution in [3.63, 3.8) is 0 Å². The van der Waals surface area contributed by atoms with Crippen molar-refractivity contribution in [2.75, 3.05) is 0 Å². The van der Waals surface area contributed by atoms with Crippen LogP contribution in [0.5, 0.6) is 5.75 Å². The minimum Gasteiger partial charge on any atom is -0.508 e. The first-order valence-corrected chi connectivity index (χ1v) is 6.31. The minimum absolute atomic E-state index is 0.0994. The summed E-state index contributed by atoms with van der Waals surface area (Å²) in [6.07, 6.45) is 0. The molecule has 0 aliphatic rings. The summed E-state index contributed by atoms with van der Waals surface area (Å²) < 4.78 is 0. The van der Waals surface area contributed by atoms with Crippen LogP contribution in [-0.4, -0.2) is 20.4 Å². The largest absolute Gasteiger partial charge is 0.508 e. The zero-order valence-corrected chi connectivity index (χ0v) is 12.4. The van der Waals surface area contributed by atoms with Gasteiger partial charge in [-0.15, -0.1) is 0 Å². The van der Waals surface area contributed by atoms with Crippen molar-refractivity contribution in [1.82, 2.24) is 0 Å². The molecule has 0 unspecified atom stereocenters. The van der Waals surface area contributed by atoms with Crippen LogP contribution in [0.1, 0.15) is 58.2 Å². The molecule has 19 heavy (non-hydrogen) atoms. The van der Waals surface area contributed by atoms with Gasteiger partial charge in [-0.3, -0.25) is 0 Å². The molecule has 0 bridgehead atoms. The van der Waals surface area contributed by atoms with Crippen LogP contribution in [0.15, 0.2) is 12.1 Å². The predicted octanol–water partition coefficient (Wildman–Crippen LogP) is 2.07. The van der Waals surface area contributed by atoms with Crippen molar-refractivity contribution in [3.05, 3.63) is 28.8 Å². The number of aromatic hydroxyl groups is 1. The lowest BCUT2D eigenvalue weighted by atomic mass is 9.78. The van der Waals surface area contributed by atoms with Crippen LogP contribution in [0.3, 0.4) is 0 Å². The Labute approximate surface area is 114 Å². The Balaban J connectivity index is 3.82. The second-order valence-electron chi connectivity index (χ2n) is 6.56. The predicted molar refractivity (Wildman–Crippen MR) is 73.8 cm³/mol. The molecule has 0 saturated carbocycles. The van der Waals surface area contributed by atoms with E-state index in [0.29, 0.717) is 11.1 Å². The van der Waals surface area contributed by atoms with E-state index in [2.05, 4.69) is 0 Å². The summed E-state index contributed by atoms with van der Waals surface area (Å²) >= 11 is 0. The molecular formula is C15H24O4. The molecule has 4 nitrogen and oxygen atoms in total. The Bertz CT molecular complexity index is 471. The maximum absolute atomic E-state index is 10.4. The third-order valence-electron chi connectivity index (χ3n) is 3.07. The second-order valence-corrected chi connectivity index (χ2v) is 6.56. The normalized spacial score (nSPS) is 13.7. The molecule has 1 rings (SSSR count).